The van der Waals surface area contributed by atoms with Gasteiger partial charge in [0.2, 0.25) is 5.91 Å². The maximum Gasteiger partial charge on any atom is 0.331 e. The number of nitrogens with zero attached hydrogens (tertiary/aromatic N) is 1. The molecule has 0 bridgehead atoms. The molecule has 0 aromatic heterocycles. The summed E-state index contributed by atoms with van der Waals surface area (Å²) in [5.74, 6) is -1.19. The van der Waals surface area contributed by atoms with Gasteiger partial charge in [0.15, 0.2) is 6.04 Å². The first-order chi connectivity index (χ1) is 8.34. The fourth-order valence-corrected chi connectivity index (χ4v) is 2.85. The summed E-state index contributed by atoms with van der Waals surface area (Å²) in [7, 11) is 0. The van der Waals surface area contributed by atoms with E-state index in [-0.39, 0.29) is 5.91 Å². The van der Waals surface area contributed by atoms with Crippen molar-refractivity contribution in [1.29, 1.82) is 0 Å². The van der Waals surface area contributed by atoms with E-state index < -0.39 is 17.6 Å². The molecule has 1 aromatic carbocycles. The molecule has 1 amide bonds. The van der Waals surface area contributed by atoms with Crippen LogP contribution in [-0.4, -0.2) is 27.4 Å². The number of carbonyl (C=O) groups is 2. The van der Waals surface area contributed by atoms with E-state index in [4.69, 9.17) is 0 Å². The van der Waals surface area contributed by atoms with E-state index >= 15 is 0 Å². The number of benzene rings is 1. The molecule has 0 saturated carbocycles. The molecule has 4 heteroatoms. The Morgan fingerprint density at radius 3 is 2.50 bits per heavy atom. The lowest BCUT2D eigenvalue weighted by molar-refractivity contribution is -0.156. The fraction of sp³-hybridized carbons (Fsp3) is 0.429. The molecule has 1 aliphatic heterocycles. The highest BCUT2D eigenvalue weighted by Crippen LogP contribution is 2.38. The third-order valence-electron chi connectivity index (χ3n) is 3.46. The number of fused-ring (bicyclic) bond motifs is 1. The van der Waals surface area contributed by atoms with Crippen molar-refractivity contribution >= 4 is 11.9 Å². The first-order valence-electron chi connectivity index (χ1n) is 5.95. The van der Waals surface area contributed by atoms with Crippen LogP contribution in [0.2, 0.25) is 0 Å². The predicted octanol–water partition coefficient (Wildman–Crippen LogP) is 2.00. The highest BCUT2D eigenvalue weighted by atomic mass is 16.4. The molecular weight excluding hydrogens is 230 g/mol. The smallest absolute Gasteiger partial charge is 0.331 e. The van der Waals surface area contributed by atoms with Crippen LogP contribution in [0.15, 0.2) is 24.3 Å². The van der Waals surface area contributed by atoms with Gasteiger partial charge in [0.05, 0.1) is 0 Å². The standard InChI is InChI=1S/C14H17NO3/c1-9(16)15-12(13(17)18)11-7-5-4-6-10(11)8-14(15,2)3/h4-7,12H,8H2,1-3H3,(H,17,18). The van der Waals surface area contributed by atoms with Crippen LogP contribution in [0, 0.1) is 0 Å². The largest absolute Gasteiger partial charge is 0.479 e. The Kier molecular flexibility index (Phi) is 2.89. The minimum Gasteiger partial charge on any atom is -0.479 e. The molecule has 1 aromatic rings. The van der Waals surface area contributed by atoms with Gasteiger partial charge in [-0.1, -0.05) is 24.3 Å². The number of aliphatic carboxylic acids is 1. The van der Waals surface area contributed by atoms with Gasteiger partial charge in [-0.05, 0) is 31.4 Å². The molecule has 1 atom stereocenters. The van der Waals surface area contributed by atoms with E-state index in [2.05, 4.69) is 0 Å². The molecule has 18 heavy (non-hydrogen) atoms. The third-order valence-corrected chi connectivity index (χ3v) is 3.46. The Balaban J connectivity index is 2.62. The fourth-order valence-electron chi connectivity index (χ4n) is 2.85. The SMILES string of the molecule is CC(=O)N1C(C(=O)O)c2ccccc2CC1(C)C. The van der Waals surface area contributed by atoms with E-state index in [9.17, 15) is 14.7 Å². The zero-order chi connectivity index (χ0) is 13.5. The van der Waals surface area contributed by atoms with Crippen LogP contribution < -0.4 is 0 Å². The molecule has 1 heterocycles. The summed E-state index contributed by atoms with van der Waals surface area (Å²) < 4.78 is 0. The van der Waals surface area contributed by atoms with E-state index in [0.29, 0.717) is 6.42 Å². The second-order valence-electron chi connectivity index (χ2n) is 5.32. The number of hydrogen-bond acceptors (Lipinski definition) is 2. The highest BCUT2D eigenvalue weighted by Gasteiger charge is 2.44. The van der Waals surface area contributed by atoms with Gasteiger partial charge in [0, 0.05) is 12.5 Å². The molecule has 4 nitrogen and oxygen atoms in total. The van der Waals surface area contributed by atoms with E-state index in [1.54, 1.807) is 6.07 Å². The Labute approximate surface area is 106 Å². The monoisotopic (exact) mass is 247 g/mol. The molecule has 1 unspecified atom stereocenters. The van der Waals surface area contributed by atoms with Crippen LogP contribution in [-0.2, 0) is 16.0 Å². The van der Waals surface area contributed by atoms with Crippen molar-refractivity contribution in [2.45, 2.75) is 38.8 Å². The van der Waals surface area contributed by atoms with Crippen LogP contribution in [0.4, 0.5) is 0 Å². The molecular formula is C14H17NO3. The van der Waals surface area contributed by atoms with E-state index in [1.165, 1.54) is 11.8 Å². The van der Waals surface area contributed by atoms with Crippen LogP contribution >= 0.6 is 0 Å². The van der Waals surface area contributed by atoms with Crippen LogP contribution in [0.25, 0.3) is 0 Å². The lowest BCUT2D eigenvalue weighted by Crippen LogP contribution is -2.55. The van der Waals surface area contributed by atoms with Crippen molar-refractivity contribution in [3.8, 4) is 0 Å². The van der Waals surface area contributed by atoms with Gasteiger partial charge in [-0.3, -0.25) is 4.79 Å². The highest BCUT2D eigenvalue weighted by molar-refractivity contribution is 5.85. The van der Waals surface area contributed by atoms with E-state index in [1.807, 2.05) is 32.0 Å². The molecule has 96 valence electrons. The van der Waals surface area contributed by atoms with Crippen molar-refractivity contribution in [3.63, 3.8) is 0 Å². The van der Waals surface area contributed by atoms with Gasteiger partial charge in [-0.15, -0.1) is 0 Å². The number of carbonyl (C=O) groups excluding carboxylic acids is 1. The Morgan fingerprint density at radius 2 is 1.94 bits per heavy atom. The second-order valence-corrected chi connectivity index (χ2v) is 5.32. The Morgan fingerprint density at radius 1 is 1.33 bits per heavy atom. The second kappa shape index (κ2) is 4.12. The molecule has 0 radical (unpaired) electrons. The van der Waals surface area contributed by atoms with Crippen molar-refractivity contribution < 1.29 is 14.7 Å². The zero-order valence-electron chi connectivity index (χ0n) is 10.8. The summed E-state index contributed by atoms with van der Waals surface area (Å²) >= 11 is 0. The Hall–Kier alpha value is -1.84. The number of rotatable bonds is 1. The molecule has 0 spiro atoms. The summed E-state index contributed by atoms with van der Waals surface area (Å²) in [6.07, 6.45) is 0.673. The van der Waals surface area contributed by atoms with Gasteiger partial charge < -0.3 is 10.0 Å². The third kappa shape index (κ3) is 1.88. The number of hydrogen-bond donors (Lipinski definition) is 1. The molecule has 2 rings (SSSR count). The number of amides is 1. The van der Waals surface area contributed by atoms with Gasteiger partial charge in [-0.2, -0.15) is 0 Å². The van der Waals surface area contributed by atoms with Crippen molar-refractivity contribution in [1.82, 2.24) is 4.90 Å². The summed E-state index contributed by atoms with van der Waals surface area (Å²) in [6, 6.07) is 6.55. The summed E-state index contributed by atoms with van der Waals surface area (Å²) in [4.78, 5) is 24.8. The predicted molar refractivity (Wildman–Crippen MR) is 67.1 cm³/mol. The molecule has 0 aliphatic carbocycles. The quantitative estimate of drug-likeness (QED) is 0.825. The number of carboxylic acid groups (broad SMARTS) is 1. The van der Waals surface area contributed by atoms with Gasteiger partial charge in [0.1, 0.15) is 0 Å². The normalized spacial score (nSPS) is 21.3. The van der Waals surface area contributed by atoms with Crippen molar-refractivity contribution in [2.24, 2.45) is 0 Å². The summed E-state index contributed by atoms with van der Waals surface area (Å²) in [5, 5.41) is 9.44. The number of carboxylic acids is 1. The minimum absolute atomic E-state index is 0.207. The van der Waals surface area contributed by atoms with Gasteiger partial charge in [-0.25, -0.2) is 4.79 Å². The molecule has 1 aliphatic rings. The van der Waals surface area contributed by atoms with Gasteiger partial charge in [0.25, 0.3) is 0 Å². The minimum atomic E-state index is -0.981. The van der Waals surface area contributed by atoms with Crippen LogP contribution in [0.1, 0.15) is 37.9 Å². The summed E-state index contributed by atoms with van der Waals surface area (Å²) in [6.45, 7) is 5.23. The zero-order valence-corrected chi connectivity index (χ0v) is 10.8. The first kappa shape index (κ1) is 12.6. The molecule has 0 fully saturated rings. The average Bonchev–Trinajstić information content (AvgIpc) is 2.25. The Bertz CT molecular complexity index is 508. The van der Waals surface area contributed by atoms with Crippen molar-refractivity contribution in [3.05, 3.63) is 35.4 Å². The van der Waals surface area contributed by atoms with Gasteiger partial charge >= 0.3 is 5.97 Å². The first-order valence-corrected chi connectivity index (χ1v) is 5.95. The average molecular weight is 247 g/mol. The maximum absolute atomic E-state index is 11.8. The topological polar surface area (TPSA) is 57.6 Å². The van der Waals surface area contributed by atoms with Crippen molar-refractivity contribution in [2.75, 3.05) is 0 Å². The van der Waals surface area contributed by atoms with E-state index in [0.717, 1.165) is 11.1 Å². The maximum atomic E-state index is 11.8. The lowest BCUT2D eigenvalue weighted by Gasteiger charge is -2.46. The molecule has 1 N–H and O–H groups in total. The van der Waals surface area contributed by atoms with Crippen LogP contribution in [0.5, 0.6) is 0 Å². The van der Waals surface area contributed by atoms with Crippen LogP contribution in [0.3, 0.4) is 0 Å². The lowest BCUT2D eigenvalue weighted by atomic mass is 9.81. The molecule has 0 saturated heterocycles. The summed E-state index contributed by atoms with van der Waals surface area (Å²) in [5.41, 5.74) is 1.25.